The van der Waals surface area contributed by atoms with Gasteiger partial charge in [0, 0.05) is 37.1 Å². The molecule has 144 valence electrons. The zero-order chi connectivity index (χ0) is 19.3. The van der Waals surface area contributed by atoms with E-state index in [-0.39, 0.29) is 11.4 Å². The minimum atomic E-state index is -0.329. The van der Waals surface area contributed by atoms with Crippen molar-refractivity contribution in [1.29, 1.82) is 0 Å². The van der Waals surface area contributed by atoms with Gasteiger partial charge in [0.1, 0.15) is 11.4 Å². The second kappa shape index (κ2) is 8.40. The third-order valence-corrected chi connectivity index (χ3v) is 5.14. The van der Waals surface area contributed by atoms with Crippen molar-refractivity contribution in [3.8, 4) is 0 Å². The van der Waals surface area contributed by atoms with Crippen molar-refractivity contribution in [3.63, 3.8) is 0 Å². The molecule has 4 rings (SSSR count). The Bertz CT molecular complexity index is 1020. The SMILES string of the molecule is O=c1cc(NC2CCN(C/C=C/c3ccc(F)cc3)CC2)c2ccccc2o1. The molecule has 28 heavy (non-hydrogen) atoms. The van der Waals surface area contributed by atoms with Gasteiger partial charge in [0.05, 0.1) is 5.69 Å². The first-order valence-corrected chi connectivity index (χ1v) is 9.61. The molecule has 1 N–H and O–H groups in total. The lowest BCUT2D eigenvalue weighted by molar-refractivity contribution is 0.240. The van der Waals surface area contributed by atoms with Crippen molar-refractivity contribution in [2.45, 2.75) is 18.9 Å². The van der Waals surface area contributed by atoms with Crippen molar-refractivity contribution in [3.05, 3.63) is 82.5 Å². The van der Waals surface area contributed by atoms with E-state index in [1.807, 2.05) is 30.3 Å². The molecule has 5 heteroatoms. The number of para-hydroxylation sites is 1. The van der Waals surface area contributed by atoms with Crippen LogP contribution in [0.4, 0.5) is 10.1 Å². The monoisotopic (exact) mass is 378 g/mol. The Balaban J connectivity index is 1.32. The maximum absolute atomic E-state index is 12.9. The van der Waals surface area contributed by atoms with E-state index in [2.05, 4.69) is 16.3 Å². The van der Waals surface area contributed by atoms with Crippen LogP contribution in [0.25, 0.3) is 17.0 Å². The second-order valence-electron chi connectivity index (χ2n) is 7.15. The number of piperidine rings is 1. The highest BCUT2D eigenvalue weighted by Crippen LogP contribution is 2.24. The first-order chi connectivity index (χ1) is 13.7. The number of nitrogens with zero attached hydrogens (tertiary/aromatic N) is 1. The highest BCUT2D eigenvalue weighted by Gasteiger charge is 2.19. The van der Waals surface area contributed by atoms with E-state index < -0.39 is 0 Å². The molecule has 0 aliphatic carbocycles. The van der Waals surface area contributed by atoms with Crippen LogP contribution < -0.4 is 10.9 Å². The van der Waals surface area contributed by atoms with Gasteiger partial charge in [-0.1, -0.05) is 36.4 Å². The number of anilines is 1. The molecule has 1 aliphatic rings. The quantitative estimate of drug-likeness (QED) is 0.663. The van der Waals surface area contributed by atoms with Gasteiger partial charge < -0.3 is 9.73 Å². The number of likely N-dealkylation sites (tertiary alicyclic amines) is 1. The largest absolute Gasteiger partial charge is 0.423 e. The fraction of sp³-hybridized carbons (Fsp3) is 0.261. The smallest absolute Gasteiger partial charge is 0.338 e. The minimum absolute atomic E-state index is 0.212. The summed E-state index contributed by atoms with van der Waals surface area (Å²) in [5, 5.41) is 4.47. The first kappa shape index (κ1) is 18.4. The molecule has 0 saturated carbocycles. The molecule has 0 bridgehead atoms. The van der Waals surface area contributed by atoms with Crippen LogP contribution in [0.2, 0.25) is 0 Å². The van der Waals surface area contributed by atoms with Crippen molar-refractivity contribution in [2.75, 3.05) is 25.0 Å². The fourth-order valence-corrected chi connectivity index (χ4v) is 3.62. The molecule has 4 nitrogen and oxygen atoms in total. The van der Waals surface area contributed by atoms with Gasteiger partial charge in [-0.2, -0.15) is 0 Å². The van der Waals surface area contributed by atoms with Crippen LogP contribution in [-0.4, -0.2) is 30.6 Å². The van der Waals surface area contributed by atoms with Gasteiger partial charge in [-0.15, -0.1) is 0 Å². The van der Waals surface area contributed by atoms with Crippen LogP contribution >= 0.6 is 0 Å². The lowest BCUT2D eigenvalue weighted by Crippen LogP contribution is -2.39. The second-order valence-corrected chi connectivity index (χ2v) is 7.15. The maximum Gasteiger partial charge on any atom is 0.338 e. The average molecular weight is 378 g/mol. The number of halogens is 1. The van der Waals surface area contributed by atoms with Crippen LogP contribution in [0, 0.1) is 5.82 Å². The van der Waals surface area contributed by atoms with E-state index in [9.17, 15) is 9.18 Å². The van der Waals surface area contributed by atoms with E-state index >= 15 is 0 Å². The van der Waals surface area contributed by atoms with Gasteiger partial charge in [0.15, 0.2) is 0 Å². The van der Waals surface area contributed by atoms with Crippen LogP contribution in [-0.2, 0) is 0 Å². The van der Waals surface area contributed by atoms with Gasteiger partial charge in [-0.05, 0) is 42.7 Å². The predicted molar refractivity (Wildman–Crippen MR) is 111 cm³/mol. The molecule has 1 aliphatic heterocycles. The molecule has 0 radical (unpaired) electrons. The zero-order valence-electron chi connectivity index (χ0n) is 15.6. The standard InChI is InChI=1S/C23H23FN2O2/c24-18-9-7-17(8-10-18)4-3-13-26-14-11-19(12-15-26)25-21-16-23(27)28-22-6-2-1-5-20(21)22/h1-10,16,19,25H,11-15H2/b4-3+. The Morgan fingerprint density at radius 2 is 1.86 bits per heavy atom. The van der Waals surface area contributed by atoms with Crippen LogP contribution in [0.3, 0.4) is 0 Å². The zero-order valence-corrected chi connectivity index (χ0v) is 15.6. The molecule has 0 amide bonds. The van der Waals surface area contributed by atoms with Crippen molar-refractivity contribution >= 4 is 22.7 Å². The minimum Gasteiger partial charge on any atom is -0.423 e. The summed E-state index contributed by atoms with van der Waals surface area (Å²) in [7, 11) is 0. The highest BCUT2D eigenvalue weighted by molar-refractivity contribution is 5.89. The fourth-order valence-electron chi connectivity index (χ4n) is 3.62. The Morgan fingerprint density at radius 1 is 1.11 bits per heavy atom. The lowest BCUT2D eigenvalue weighted by atomic mass is 10.0. The molecule has 3 aromatic rings. The highest BCUT2D eigenvalue weighted by atomic mass is 19.1. The summed E-state index contributed by atoms with van der Waals surface area (Å²) in [5.74, 6) is -0.212. The number of hydrogen-bond donors (Lipinski definition) is 1. The molecule has 2 aromatic carbocycles. The Kier molecular flexibility index (Phi) is 5.53. The van der Waals surface area contributed by atoms with Crippen LogP contribution in [0.15, 0.2) is 69.9 Å². The molecule has 0 atom stereocenters. The van der Waals surface area contributed by atoms with Crippen molar-refractivity contribution in [2.24, 2.45) is 0 Å². The maximum atomic E-state index is 12.9. The van der Waals surface area contributed by atoms with Crippen LogP contribution in [0.5, 0.6) is 0 Å². The van der Waals surface area contributed by atoms with E-state index in [1.54, 1.807) is 18.2 Å². The van der Waals surface area contributed by atoms with Crippen molar-refractivity contribution in [1.82, 2.24) is 4.90 Å². The molecule has 1 saturated heterocycles. The van der Waals surface area contributed by atoms with Crippen LogP contribution in [0.1, 0.15) is 18.4 Å². The summed E-state index contributed by atoms with van der Waals surface area (Å²) < 4.78 is 18.2. The van der Waals surface area contributed by atoms with E-state index in [4.69, 9.17) is 4.42 Å². The summed E-state index contributed by atoms with van der Waals surface area (Å²) >= 11 is 0. The van der Waals surface area contributed by atoms with Gasteiger partial charge in [0.25, 0.3) is 0 Å². The van der Waals surface area contributed by atoms with Gasteiger partial charge in [-0.25, -0.2) is 9.18 Å². The number of hydrogen-bond acceptors (Lipinski definition) is 4. The van der Waals surface area contributed by atoms with E-state index in [0.29, 0.717) is 11.6 Å². The number of rotatable bonds is 5. The summed E-state index contributed by atoms with van der Waals surface area (Å²) in [5.41, 5.74) is 2.14. The summed E-state index contributed by atoms with van der Waals surface area (Å²) in [6, 6.07) is 16.0. The summed E-state index contributed by atoms with van der Waals surface area (Å²) in [6.07, 6.45) is 6.17. The molecule has 1 aromatic heterocycles. The molecular weight excluding hydrogens is 355 g/mol. The third-order valence-electron chi connectivity index (χ3n) is 5.14. The van der Waals surface area contributed by atoms with E-state index in [0.717, 1.165) is 49.1 Å². The average Bonchev–Trinajstić information content (AvgIpc) is 2.71. The first-order valence-electron chi connectivity index (χ1n) is 9.61. The number of fused-ring (bicyclic) bond motifs is 1. The van der Waals surface area contributed by atoms with Crippen molar-refractivity contribution < 1.29 is 8.81 Å². The Labute approximate surface area is 163 Å². The molecule has 2 heterocycles. The Morgan fingerprint density at radius 3 is 2.64 bits per heavy atom. The van der Waals surface area contributed by atoms with E-state index in [1.165, 1.54) is 12.1 Å². The number of nitrogens with one attached hydrogen (secondary N) is 1. The normalized spacial score (nSPS) is 16.0. The topological polar surface area (TPSA) is 45.5 Å². The van der Waals surface area contributed by atoms with Gasteiger partial charge in [-0.3, -0.25) is 4.90 Å². The summed E-state index contributed by atoms with van der Waals surface area (Å²) in [6.45, 7) is 2.86. The molecule has 0 unspecified atom stereocenters. The third kappa shape index (κ3) is 4.49. The molecule has 0 spiro atoms. The Hall–Kier alpha value is -2.92. The summed E-state index contributed by atoms with van der Waals surface area (Å²) in [4.78, 5) is 14.2. The number of benzene rings is 2. The molecule has 1 fully saturated rings. The van der Waals surface area contributed by atoms with Gasteiger partial charge >= 0.3 is 5.63 Å². The molecular formula is C23H23FN2O2. The lowest BCUT2D eigenvalue weighted by Gasteiger charge is -2.32. The van der Waals surface area contributed by atoms with Gasteiger partial charge in [0.2, 0.25) is 0 Å². The predicted octanol–water partition coefficient (Wildman–Crippen LogP) is 4.52.